The Morgan fingerprint density at radius 2 is 2.09 bits per heavy atom. The number of halogens is 1. The lowest BCUT2D eigenvalue weighted by molar-refractivity contribution is -0.134. The van der Waals surface area contributed by atoms with Crippen LogP contribution in [0.1, 0.15) is 31.2 Å². The summed E-state index contributed by atoms with van der Waals surface area (Å²) in [4.78, 5) is 18.2. The monoisotopic (exact) mass is 322 g/mol. The number of nitrogens with zero attached hydrogens (tertiary/aromatic N) is 3. The first-order valence-corrected chi connectivity index (χ1v) is 7.18. The smallest absolute Gasteiger partial charge is 0.249 e. The van der Waals surface area contributed by atoms with Crippen molar-refractivity contribution in [1.82, 2.24) is 15.0 Å². The highest BCUT2D eigenvalue weighted by Gasteiger charge is 2.31. The Morgan fingerprint density at radius 1 is 1.32 bits per heavy atom. The molecule has 7 heteroatoms. The molecule has 1 aliphatic heterocycles. The standard InChI is InChI=1S/C15H18N4O2.ClH/c16-10-13(20)19-9-5-4-8-12(19)15-17-14(18-21-15)11-6-2-1-3-7-11;/h1-3,6-7,12H,4-5,8-10,16H2;1H. The van der Waals surface area contributed by atoms with Crippen LogP contribution in [0.5, 0.6) is 0 Å². The molecule has 1 unspecified atom stereocenters. The van der Waals surface area contributed by atoms with Gasteiger partial charge in [0, 0.05) is 12.1 Å². The van der Waals surface area contributed by atoms with Gasteiger partial charge < -0.3 is 15.2 Å². The van der Waals surface area contributed by atoms with E-state index in [1.54, 1.807) is 4.90 Å². The highest BCUT2D eigenvalue weighted by atomic mass is 35.5. The minimum absolute atomic E-state index is 0. The fourth-order valence-corrected chi connectivity index (χ4v) is 2.68. The quantitative estimate of drug-likeness (QED) is 0.936. The molecule has 2 heterocycles. The summed E-state index contributed by atoms with van der Waals surface area (Å²) in [5.74, 6) is 0.978. The van der Waals surface area contributed by atoms with Gasteiger partial charge in [0.1, 0.15) is 6.04 Å². The van der Waals surface area contributed by atoms with E-state index in [-0.39, 0.29) is 30.9 Å². The lowest BCUT2D eigenvalue weighted by atomic mass is 10.0. The van der Waals surface area contributed by atoms with Crippen molar-refractivity contribution in [3.05, 3.63) is 36.2 Å². The van der Waals surface area contributed by atoms with Crippen molar-refractivity contribution in [2.75, 3.05) is 13.1 Å². The third kappa shape index (κ3) is 3.28. The highest BCUT2D eigenvalue weighted by molar-refractivity contribution is 5.85. The number of benzene rings is 1. The van der Waals surface area contributed by atoms with Gasteiger partial charge in [-0.2, -0.15) is 4.98 Å². The van der Waals surface area contributed by atoms with E-state index in [9.17, 15) is 4.79 Å². The van der Waals surface area contributed by atoms with E-state index in [2.05, 4.69) is 10.1 Å². The Hall–Kier alpha value is -1.92. The van der Waals surface area contributed by atoms with Gasteiger partial charge in [-0.25, -0.2) is 0 Å². The summed E-state index contributed by atoms with van der Waals surface area (Å²) in [6.07, 6.45) is 2.87. The molecule has 0 saturated carbocycles. The average Bonchev–Trinajstić information content (AvgIpc) is 3.05. The van der Waals surface area contributed by atoms with E-state index in [1.165, 1.54) is 0 Å². The number of aromatic nitrogens is 2. The Morgan fingerprint density at radius 3 is 2.82 bits per heavy atom. The first-order chi connectivity index (χ1) is 10.3. The van der Waals surface area contributed by atoms with Crippen LogP contribution in [0.2, 0.25) is 0 Å². The first-order valence-electron chi connectivity index (χ1n) is 7.18. The molecule has 0 bridgehead atoms. The summed E-state index contributed by atoms with van der Waals surface area (Å²) in [6.45, 7) is 0.708. The maximum Gasteiger partial charge on any atom is 0.249 e. The maximum absolute atomic E-state index is 11.9. The normalized spacial score (nSPS) is 17.9. The number of carbonyl (C=O) groups is 1. The zero-order valence-corrected chi connectivity index (χ0v) is 13.0. The number of hydrogen-bond donors (Lipinski definition) is 1. The number of hydrogen-bond acceptors (Lipinski definition) is 5. The second-order valence-electron chi connectivity index (χ2n) is 5.13. The number of likely N-dealkylation sites (tertiary alicyclic amines) is 1. The Labute approximate surface area is 135 Å². The topological polar surface area (TPSA) is 85.3 Å². The Kier molecular flexibility index (Phi) is 5.51. The molecule has 1 aromatic carbocycles. The van der Waals surface area contributed by atoms with Crippen molar-refractivity contribution in [2.24, 2.45) is 5.73 Å². The summed E-state index contributed by atoms with van der Waals surface area (Å²) >= 11 is 0. The van der Waals surface area contributed by atoms with Crippen molar-refractivity contribution < 1.29 is 9.32 Å². The summed E-state index contributed by atoms with van der Waals surface area (Å²) in [5, 5.41) is 4.03. The Balaban J connectivity index is 0.00000176. The molecule has 1 aromatic heterocycles. The van der Waals surface area contributed by atoms with Crippen LogP contribution < -0.4 is 5.73 Å². The zero-order chi connectivity index (χ0) is 14.7. The lowest BCUT2D eigenvalue weighted by Gasteiger charge is -2.33. The van der Waals surface area contributed by atoms with Gasteiger partial charge >= 0.3 is 0 Å². The molecule has 1 amide bonds. The minimum atomic E-state index is -0.153. The van der Waals surface area contributed by atoms with Crippen LogP contribution in [-0.2, 0) is 4.79 Å². The SMILES string of the molecule is Cl.NCC(=O)N1CCCCC1c1nc(-c2ccccc2)no1. The molecule has 1 atom stereocenters. The first kappa shape index (κ1) is 16.5. The van der Waals surface area contributed by atoms with Crippen LogP contribution in [0.25, 0.3) is 11.4 Å². The molecule has 0 aliphatic carbocycles. The second-order valence-corrected chi connectivity index (χ2v) is 5.13. The van der Waals surface area contributed by atoms with Crippen molar-refractivity contribution in [3.8, 4) is 11.4 Å². The Bertz CT molecular complexity index is 617. The predicted octanol–water partition coefficient (Wildman–Crippen LogP) is 2.17. The molecule has 2 N–H and O–H groups in total. The van der Waals surface area contributed by atoms with Crippen LogP contribution in [0.4, 0.5) is 0 Å². The van der Waals surface area contributed by atoms with Crippen molar-refractivity contribution in [2.45, 2.75) is 25.3 Å². The van der Waals surface area contributed by atoms with Gasteiger partial charge in [-0.1, -0.05) is 35.5 Å². The molecule has 22 heavy (non-hydrogen) atoms. The molecule has 0 spiro atoms. The molecular weight excluding hydrogens is 304 g/mol. The molecule has 1 fully saturated rings. The largest absolute Gasteiger partial charge is 0.337 e. The summed E-state index contributed by atoms with van der Waals surface area (Å²) < 4.78 is 5.39. The predicted molar refractivity (Wildman–Crippen MR) is 84.3 cm³/mol. The molecule has 3 rings (SSSR count). The van der Waals surface area contributed by atoms with Gasteiger partial charge in [0.2, 0.25) is 17.6 Å². The van der Waals surface area contributed by atoms with Crippen molar-refractivity contribution >= 4 is 18.3 Å². The molecule has 118 valence electrons. The van der Waals surface area contributed by atoms with Crippen LogP contribution in [0.15, 0.2) is 34.9 Å². The molecular formula is C15H19ClN4O2. The van der Waals surface area contributed by atoms with Gasteiger partial charge in [0.25, 0.3) is 0 Å². The lowest BCUT2D eigenvalue weighted by Crippen LogP contribution is -2.41. The minimum Gasteiger partial charge on any atom is -0.337 e. The van der Waals surface area contributed by atoms with Gasteiger partial charge in [0.15, 0.2) is 0 Å². The fourth-order valence-electron chi connectivity index (χ4n) is 2.68. The molecule has 0 radical (unpaired) electrons. The average molecular weight is 323 g/mol. The number of rotatable bonds is 3. The summed E-state index contributed by atoms with van der Waals surface area (Å²) in [5.41, 5.74) is 6.38. The van der Waals surface area contributed by atoms with Gasteiger partial charge in [-0.05, 0) is 19.3 Å². The second kappa shape index (κ2) is 7.38. The number of nitrogens with two attached hydrogens (primary N) is 1. The van der Waals surface area contributed by atoms with Crippen molar-refractivity contribution in [3.63, 3.8) is 0 Å². The molecule has 6 nitrogen and oxygen atoms in total. The van der Waals surface area contributed by atoms with E-state index in [1.807, 2.05) is 30.3 Å². The van der Waals surface area contributed by atoms with E-state index >= 15 is 0 Å². The number of carbonyl (C=O) groups excluding carboxylic acids is 1. The fraction of sp³-hybridized carbons (Fsp3) is 0.400. The summed E-state index contributed by atoms with van der Waals surface area (Å²) in [7, 11) is 0. The number of piperidine rings is 1. The molecule has 1 aliphatic rings. The van der Waals surface area contributed by atoms with Gasteiger partial charge in [-0.3, -0.25) is 4.79 Å². The number of amides is 1. The van der Waals surface area contributed by atoms with Crippen LogP contribution in [-0.4, -0.2) is 34.0 Å². The summed E-state index contributed by atoms with van der Waals surface area (Å²) in [6, 6.07) is 9.50. The van der Waals surface area contributed by atoms with Crippen LogP contribution >= 0.6 is 12.4 Å². The third-order valence-electron chi connectivity index (χ3n) is 3.76. The molecule has 1 saturated heterocycles. The van der Waals surface area contributed by atoms with Crippen molar-refractivity contribution in [1.29, 1.82) is 0 Å². The van der Waals surface area contributed by atoms with Crippen LogP contribution in [0.3, 0.4) is 0 Å². The van der Waals surface area contributed by atoms with Gasteiger partial charge in [0.05, 0.1) is 6.54 Å². The highest BCUT2D eigenvalue weighted by Crippen LogP contribution is 2.30. The third-order valence-corrected chi connectivity index (χ3v) is 3.76. The van der Waals surface area contributed by atoms with Gasteiger partial charge in [-0.15, -0.1) is 12.4 Å². The van der Waals surface area contributed by atoms with E-state index in [4.69, 9.17) is 10.3 Å². The zero-order valence-electron chi connectivity index (χ0n) is 12.1. The van der Waals surface area contributed by atoms with E-state index in [0.29, 0.717) is 18.3 Å². The van der Waals surface area contributed by atoms with Crippen LogP contribution in [0, 0.1) is 0 Å². The van der Waals surface area contributed by atoms with E-state index < -0.39 is 0 Å². The maximum atomic E-state index is 11.9. The molecule has 2 aromatic rings. The van der Waals surface area contributed by atoms with E-state index in [0.717, 1.165) is 24.8 Å².